The Kier molecular flexibility index (Phi) is 3.93. The molecule has 0 saturated carbocycles. The first-order chi connectivity index (χ1) is 9.58. The number of piperidine rings is 1. The minimum absolute atomic E-state index is 0.665. The number of methoxy groups -OCH3 is 1. The standard InChI is InChI=1S/C16H23ClN2O/c1-11(2)18-9-13-7-14(10-18)19(13)8-12-4-5-16(20-3)15(17)6-12/h4-6,11,13-14H,7-10H2,1-3H3. The number of benzene rings is 1. The molecule has 3 nitrogen and oxygen atoms in total. The van der Waals surface area contributed by atoms with Gasteiger partial charge in [0.25, 0.3) is 0 Å². The predicted octanol–water partition coefficient (Wildman–Crippen LogP) is 3.02. The monoisotopic (exact) mass is 294 g/mol. The molecule has 4 heteroatoms. The first-order valence-electron chi connectivity index (χ1n) is 7.40. The molecular formula is C16H23ClN2O. The molecule has 1 aromatic carbocycles. The fourth-order valence-electron chi connectivity index (χ4n) is 3.42. The van der Waals surface area contributed by atoms with Crippen molar-refractivity contribution in [3.8, 4) is 5.75 Å². The van der Waals surface area contributed by atoms with Crippen molar-refractivity contribution in [2.24, 2.45) is 0 Å². The Balaban J connectivity index is 1.64. The van der Waals surface area contributed by atoms with Crippen molar-refractivity contribution in [1.82, 2.24) is 9.80 Å². The minimum Gasteiger partial charge on any atom is -0.495 e. The number of ether oxygens (including phenoxy) is 1. The molecule has 3 rings (SSSR count). The maximum absolute atomic E-state index is 6.21. The van der Waals surface area contributed by atoms with Gasteiger partial charge in [0, 0.05) is 37.8 Å². The highest BCUT2D eigenvalue weighted by molar-refractivity contribution is 6.32. The molecule has 0 aromatic heterocycles. The number of fused-ring (bicyclic) bond motifs is 2. The van der Waals surface area contributed by atoms with Gasteiger partial charge in [0.15, 0.2) is 0 Å². The van der Waals surface area contributed by atoms with Crippen molar-refractivity contribution in [3.05, 3.63) is 28.8 Å². The second-order valence-electron chi connectivity index (χ2n) is 6.23. The summed E-state index contributed by atoms with van der Waals surface area (Å²) in [4.78, 5) is 5.22. The van der Waals surface area contributed by atoms with Crippen LogP contribution in [-0.2, 0) is 6.54 Å². The Morgan fingerprint density at radius 3 is 2.55 bits per heavy atom. The van der Waals surface area contributed by atoms with Gasteiger partial charge >= 0.3 is 0 Å². The van der Waals surface area contributed by atoms with Gasteiger partial charge in [-0.05, 0) is 38.0 Å². The highest BCUT2D eigenvalue weighted by Gasteiger charge is 2.44. The first-order valence-corrected chi connectivity index (χ1v) is 7.78. The lowest BCUT2D eigenvalue weighted by Crippen LogP contribution is -2.68. The van der Waals surface area contributed by atoms with Crippen molar-refractivity contribution in [3.63, 3.8) is 0 Å². The maximum Gasteiger partial charge on any atom is 0.137 e. The van der Waals surface area contributed by atoms with E-state index in [0.29, 0.717) is 11.1 Å². The summed E-state index contributed by atoms with van der Waals surface area (Å²) < 4.78 is 5.21. The van der Waals surface area contributed by atoms with Gasteiger partial charge in [-0.3, -0.25) is 9.80 Å². The van der Waals surface area contributed by atoms with E-state index in [1.807, 2.05) is 12.1 Å². The summed E-state index contributed by atoms with van der Waals surface area (Å²) in [6.45, 7) is 8.00. The summed E-state index contributed by atoms with van der Waals surface area (Å²) in [6.07, 6.45) is 1.35. The van der Waals surface area contributed by atoms with Crippen LogP contribution >= 0.6 is 11.6 Å². The van der Waals surface area contributed by atoms with Crippen LogP contribution in [0.3, 0.4) is 0 Å². The molecule has 20 heavy (non-hydrogen) atoms. The number of nitrogens with zero attached hydrogens (tertiary/aromatic N) is 2. The fourth-order valence-corrected chi connectivity index (χ4v) is 3.70. The lowest BCUT2D eigenvalue weighted by atomic mass is 9.86. The van der Waals surface area contributed by atoms with Crippen molar-refractivity contribution in [2.45, 2.75) is 44.9 Å². The van der Waals surface area contributed by atoms with E-state index in [-0.39, 0.29) is 0 Å². The summed E-state index contributed by atoms with van der Waals surface area (Å²) in [7, 11) is 1.65. The van der Waals surface area contributed by atoms with Crippen LogP contribution in [-0.4, -0.2) is 48.1 Å². The van der Waals surface area contributed by atoms with E-state index in [0.717, 1.165) is 24.4 Å². The zero-order valence-corrected chi connectivity index (χ0v) is 13.2. The lowest BCUT2D eigenvalue weighted by Gasteiger charge is -2.57. The summed E-state index contributed by atoms with van der Waals surface area (Å²) in [6, 6.07) is 8.23. The smallest absolute Gasteiger partial charge is 0.137 e. The molecule has 2 atom stereocenters. The molecule has 2 heterocycles. The molecule has 0 spiro atoms. The SMILES string of the molecule is COc1ccc(CN2C3CC2CN(C(C)C)C3)cc1Cl. The van der Waals surface area contributed by atoms with Crippen molar-refractivity contribution >= 4 is 11.6 Å². The van der Waals surface area contributed by atoms with Crippen LogP contribution in [0.1, 0.15) is 25.8 Å². The number of hydrogen-bond donors (Lipinski definition) is 0. The average Bonchev–Trinajstić information content (AvgIpc) is 2.45. The van der Waals surface area contributed by atoms with Crippen LogP contribution in [0.5, 0.6) is 5.75 Å². The van der Waals surface area contributed by atoms with Gasteiger partial charge in [0.2, 0.25) is 0 Å². The van der Waals surface area contributed by atoms with E-state index in [4.69, 9.17) is 16.3 Å². The molecule has 0 N–H and O–H groups in total. The van der Waals surface area contributed by atoms with Gasteiger partial charge in [0.1, 0.15) is 5.75 Å². The normalized spacial score (nSPS) is 26.6. The quantitative estimate of drug-likeness (QED) is 0.849. The molecule has 110 valence electrons. The fraction of sp³-hybridized carbons (Fsp3) is 0.625. The number of halogens is 1. The van der Waals surface area contributed by atoms with E-state index in [1.165, 1.54) is 25.1 Å². The summed E-state index contributed by atoms with van der Waals surface area (Å²) in [5.74, 6) is 0.755. The molecule has 2 aliphatic rings. The Morgan fingerprint density at radius 1 is 1.30 bits per heavy atom. The predicted molar refractivity (Wildman–Crippen MR) is 82.4 cm³/mol. The van der Waals surface area contributed by atoms with E-state index < -0.39 is 0 Å². The summed E-state index contributed by atoms with van der Waals surface area (Å²) >= 11 is 6.21. The Bertz CT molecular complexity index is 479. The topological polar surface area (TPSA) is 15.7 Å². The molecule has 0 aliphatic carbocycles. The van der Waals surface area contributed by atoms with Crippen LogP contribution in [0.15, 0.2) is 18.2 Å². The number of likely N-dealkylation sites (tertiary alicyclic amines) is 2. The Labute approximate surface area is 126 Å². The second kappa shape index (κ2) is 5.55. The highest BCUT2D eigenvalue weighted by Crippen LogP contribution is 2.35. The lowest BCUT2D eigenvalue weighted by molar-refractivity contribution is -0.0835. The molecule has 2 saturated heterocycles. The third-order valence-electron chi connectivity index (χ3n) is 4.68. The van der Waals surface area contributed by atoms with E-state index in [2.05, 4.69) is 29.7 Å². The van der Waals surface area contributed by atoms with Crippen LogP contribution in [0.4, 0.5) is 0 Å². The highest BCUT2D eigenvalue weighted by atomic mass is 35.5. The second-order valence-corrected chi connectivity index (χ2v) is 6.64. The molecule has 2 aliphatic heterocycles. The molecule has 2 unspecified atom stereocenters. The zero-order valence-electron chi connectivity index (χ0n) is 12.5. The Hall–Kier alpha value is -0.770. The average molecular weight is 295 g/mol. The zero-order chi connectivity index (χ0) is 14.3. The van der Waals surface area contributed by atoms with Crippen molar-refractivity contribution in [2.75, 3.05) is 20.2 Å². The van der Waals surface area contributed by atoms with Crippen LogP contribution < -0.4 is 4.74 Å². The largest absolute Gasteiger partial charge is 0.495 e. The molecule has 0 amide bonds. The molecule has 2 bridgehead atoms. The molecule has 1 aromatic rings. The third kappa shape index (κ3) is 2.54. The molecule has 2 fully saturated rings. The van der Waals surface area contributed by atoms with Crippen molar-refractivity contribution < 1.29 is 4.74 Å². The van der Waals surface area contributed by atoms with Crippen LogP contribution in [0, 0.1) is 0 Å². The summed E-state index contributed by atoms with van der Waals surface area (Å²) in [5.41, 5.74) is 1.28. The number of piperazine rings is 1. The Morgan fingerprint density at radius 2 is 2.00 bits per heavy atom. The molecule has 0 radical (unpaired) electrons. The van der Waals surface area contributed by atoms with E-state index in [1.54, 1.807) is 7.11 Å². The third-order valence-corrected chi connectivity index (χ3v) is 4.98. The van der Waals surface area contributed by atoms with Gasteiger partial charge in [-0.2, -0.15) is 0 Å². The molecular weight excluding hydrogens is 272 g/mol. The minimum atomic E-state index is 0.665. The van der Waals surface area contributed by atoms with Gasteiger partial charge < -0.3 is 4.74 Å². The van der Waals surface area contributed by atoms with Gasteiger partial charge in [-0.1, -0.05) is 17.7 Å². The maximum atomic E-state index is 6.21. The number of rotatable bonds is 4. The first kappa shape index (κ1) is 14.2. The van der Waals surface area contributed by atoms with E-state index in [9.17, 15) is 0 Å². The van der Waals surface area contributed by atoms with Crippen LogP contribution in [0.2, 0.25) is 5.02 Å². The number of hydrogen-bond acceptors (Lipinski definition) is 3. The summed E-state index contributed by atoms with van der Waals surface area (Å²) in [5, 5.41) is 0.708. The van der Waals surface area contributed by atoms with Crippen LogP contribution in [0.25, 0.3) is 0 Å². The van der Waals surface area contributed by atoms with Gasteiger partial charge in [-0.15, -0.1) is 0 Å². The van der Waals surface area contributed by atoms with E-state index >= 15 is 0 Å². The van der Waals surface area contributed by atoms with Crippen molar-refractivity contribution in [1.29, 1.82) is 0 Å². The van der Waals surface area contributed by atoms with Gasteiger partial charge in [0.05, 0.1) is 12.1 Å². The van der Waals surface area contributed by atoms with Gasteiger partial charge in [-0.25, -0.2) is 0 Å².